The predicted octanol–water partition coefficient (Wildman–Crippen LogP) is 3.81. The first kappa shape index (κ1) is 10.2. The molecule has 1 nitrogen and oxygen atoms in total. The first-order valence-corrected chi connectivity index (χ1v) is 6.21. The van der Waals surface area contributed by atoms with Crippen molar-refractivity contribution in [1.29, 1.82) is 0 Å². The van der Waals surface area contributed by atoms with Crippen LogP contribution in [0.5, 0.6) is 0 Å². The van der Waals surface area contributed by atoms with Crippen molar-refractivity contribution in [3.63, 3.8) is 0 Å². The van der Waals surface area contributed by atoms with Crippen LogP contribution in [0.15, 0.2) is 10.7 Å². The first-order chi connectivity index (χ1) is 6.77. The van der Waals surface area contributed by atoms with Gasteiger partial charge in [-0.3, -0.25) is 0 Å². The Morgan fingerprint density at radius 3 is 2.64 bits per heavy atom. The van der Waals surface area contributed by atoms with Gasteiger partial charge in [-0.1, -0.05) is 12.8 Å². The Morgan fingerprint density at radius 1 is 1.14 bits per heavy atom. The van der Waals surface area contributed by atoms with Crippen molar-refractivity contribution < 1.29 is 0 Å². The largest absolute Gasteiger partial charge is 0.246 e. The minimum Gasteiger partial charge on any atom is -0.246 e. The van der Waals surface area contributed by atoms with Crippen molar-refractivity contribution in [2.75, 3.05) is 0 Å². The van der Waals surface area contributed by atoms with E-state index in [0.717, 1.165) is 4.60 Å². The predicted molar refractivity (Wildman–Crippen MR) is 62.6 cm³/mol. The molecule has 0 N–H and O–H groups in total. The van der Waals surface area contributed by atoms with Crippen LogP contribution in [0.1, 0.15) is 42.5 Å². The number of aromatic nitrogens is 1. The zero-order chi connectivity index (χ0) is 9.97. The highest BCUT2D eigenvalue weighted by Gasteiger charge is 2.10. The molecule has 1 aliphatic carbocycles. The lowest BCUT2D eigenvalue weighted by Crippen LogP contribution is -2.04. The number of hydrogen-bond donors (Lipinski definition) is 0. The van der Waals surface area contributed by atoms with E-state index >= 15 is 0 Å². The van der Waals surface area contributed by atoms with E-state index in [9.17, 15) is 0 Å². The van der Waals surface area contributed by atoms with Gasteiger partial charge < -0.3 is 0 Å². The molecule has 0 amide bonds. The normalized spacial score (nSPS) is 17.0. The van der Waals surface area contributed by atoms with Crippen LogP contribution in [-0.4, -0.2) is 4.98 Å². The van der Waals surface area contributed by atoms with E-state index < -0.39 is 0 Å². The van der Waals surface area contributed by atoms with E-state index in [4.69, 9.17) is 0 Å². The maximum absolute atomic E-state index is 4.48. The number of hydrogen-bond acceptors (Lipinski definition) is 1. The summed E-state index contributed by atoms with van der Waals surface area (Å²) in [6.45, 7) is 2.13. The third-order valence-electron chi connectivity index (χ3n) is 3.02. The van der Waals surface area contributed by atoms with Crippen molar-refractivity contribution in [1.82, 2.24) is 4.98 Å². The van der Waals surface area contributed by atoms with Crippen LogP contribution in [0.25, 0.3) is 0 Å². The van der Waals surface area contributed by atoms with E-state index in [-0.39, 0.29) is 0 Å². The lowest BCUT2D eigenvalue weighted by Gasteiger charge is -2.15. The number of rotatable bonds is 0. The van der Waals surface area contributed by atoms with Gasteiger partial charge in [-0.05, 0) is 65.7 Å². The van der Waals surface area contributed by atoms with E-state index in [2.05, 4.69) is 33.9 Å². The molecule has 0 aromatic carbocycles. The van der Waals surface area contributed by atoms with Crippen molar-refractivity contribution in [3.8, 4) is 0 Å². The molecule has 0 aliphatic heterocycles. The third kappa shape index (κ3) is 2.17. The number of aryl methyl sites for hydroxylation is 2. The van der Waals surface area contributed by atoms with Gasteiger partial charge in [0, 0.05) is 5.69 Å². The second-order valence-electron chi connectivity index (χ2n) is 4.08. The third-order valence-corrected chi connectivity index (χ3v) is 3.42. The molecule has 0 spiro atoms. The molecule has 0 radical (unpaired) electrons. The quantitative estimate of drug-likeness (QED) is 0.641. The first-order valence-electron chi connectivity index (χ1n) is 5.42. The standard InChI is InChI=1S/C12H16BrN/c1-9-11-7-5-3-2-4-6-10(11)8-12(13)14-9/h8H,2-7H2,1H3. The summed E-state index contributed by atoms with van der Waals surface area (Å²) in [6, 6.07) is 2.20. The summed E-state index contributed by atoms with van der Waals surface area (Å²) in [6.07, 6.45) is 7.89. The second-order valence-corrected chi connectivity index (χ2v) is 4.89. The Balaban J connectivity index is 2.39. The van der Waals surface area contributed by atoms with Crippen LogP contribution >= 0.6 is 15.9 Å². The molecule has 76 valence electrons. The van der Waals surface area contributed by atoms with Crippen molar-refractivity contribution in [2.45, 2.75) is 45.4 Å². The van der Waals surface area contributed by atoms with Gasteiger partial charge in [-0.2, -0.15) is 0 Å². The highest BCUT2D eigenvalue weighted by atomic mass is 79.9. The number of fused-ring (bicyclic) bond motifs is 1. The number of nitrogens with zero attached hydrogens (tertiary/aromatic N) is 1. The summed E-state index contributed by atoms with van der Waals surface area (Å²) in [7, 11) is 0. The van der Waals surface area contributed by atoms with E-state index in [1.807, 2.05) is 0 Å². The maximum atomic E-state index is 4.48. The second kappa shape index (κ2) is 4.43. The van der Waals surface area contributed by atoms with Crippen LogP contribution in [0.4, 0.5) is 0 Å². The molecule has 1 aromatic heterocycles. The average Bonchev–Trinajstić information content (AvgIpc) is 2.07. The molecule has 1 aliphatic rings. The number of pyridine rings is 1. The maximum Gasteiger partial charge on any atom is 0.106 e. The molecule has 1 aromatic rings. The summed E-state index contributed by atoms with van der Waals surface area (Å²) in [5.74, 6) is 0. The Kier molecular flexibility index (Phi) is 3.22. The Bertz CT molecular complexity index is 333. The fourth-order valence-corrected chi connectivity index (χ4v) is 2.80. The molecule has 0 saturated carbocycles. The summed E-state index contributed by atoms with van der Waals surface area (Å²) < 4.78 is 0.995. The van der Waals surface area contributed by atoms with Gasteiger partial charge in [-0.25, -0.2) is 4.98 Å². The lowest BCUT2D eigenvalue weighted by atomic mass is 9.93. The summed E-state index contributed by atoms with van der Waals surface area (Å²) in [4.78, 5) is 4.48. The zero-order valence-electron chi connectivity index (χ0n) is 8.65. The van der Waals surface area contributed by atoms with E-state index in [1.54, 1.807) is 0 Å². The molecule has 0 bridgehead atoms. The number of halogens is 1. The fourth-order valence-electron chi connectivity index (χ4n) is 2.26. The zero-order valence-corrected chi connectivity index (χ0v) is 10.2. The molecular weight excluding hydrogens is 238 g/mol. The molecule has 0 saturated heterocycles. The minimum atomic E-state index is 0.995. The van der Waals surface area contributed by atoms with E-state index in [0.29, 0.717) is 0 Å². The molecule has 14 heavy (non-hydrogen) atoms. The van der Waals surface area contributed by atoms with Crippen LogP contribution < -0.4 is 0 Å². The highest BCUT2D eigenvalue weighted by molar-refractivity contribution is 9.10. The topological polar surface area (TPSA) is 12.9 Å². The molecule has 0 fully saturated rings. The van der Waals surface area contributed by atoms with Gasteiger partial charge in [0.15, 0.2) is 0 Å². The Labute approximate surface area is 94.1 Å². The molecule has 2 heteroatoms. The summed E-state index contributed by atoms with van der Waals surface area (Å²) in [5.41, 5.74) is 4.24. The van der Waals surface area contributed by atoms with Gasteiger partial charge in [0.25, 0.3) is 0 Å². The van der Waals surface area contributed by atoms with Gasteiger partial charge in [0.2, 0.25) is 0 Å². The van der Waals surface area contributed by atoms with Crippen LogP contribution in [0, 0.1) is 6.92 Å². The van der Waals surface area contributed by atoms with Crippen LogP contribution in [0.3, 0.4) is 0 Å². The minimum absolute atomic E-state index is 0.995. The molecular formula is C12H16BrN. The smallest absolute Gasteiger partial charge is 0.106 e. The van der Waals surface area contributed by atoms with Gasteiger partial charge in [-0.15, -0.1) is 0 Å². The summed E-state index contributed by atoms with van der Waals surface area (Å²) >= 11 is 3.48. The Hall–Kier alpha value is -0.370. The Morgan fingerprint density at radius 2 is 1.86 bits per heavy atom. The highest BCUT2D eigenvalue weighted by Crippen LogP contribution is 2.24. The fraction of sp³-hybridized carbons (Fsp3) is 0.583. The van der Waals surface area contributed by atoms with E-state index in [1.165, 1.54) is 55.3 Å². The van der Waals surface area contributed by atoms with Gasteiger partial charge in [0.1, 0.15) is 4.60 Å². The van der Waals surface area contributed by atoms with Gasteiger partial charge in [0.05, 0.1) is 0 Å². The molecule has 0 unspecified atom stereocenters. The monoisotopic (exact) mass is 253 g/mol. The molecule has 0 atom stereocenters. The average molecular weight is 254 g/mol. The van der Waals surface area contributed by atoms with Crippen molar-refractivity contribution >= 4 is 15.9 Å². The SMILES string of the molecule is Cc1nc(Br)cc2c1CCCCCC2. The molecule has 2 rings (SSSR count). The molecule has 1 heterocycles. The van der Waals surface area contributed by atoms with Crippen LogP contribution in [-0.2, 0) is 12.8 Å². The van der Waals surface area contributed by atoms with Crippen molar-refractivity contribution in [3.05, 3.63) is 27.5 Å². The van der Waals surface area contributed by atoms with Crippen molar-refractivity contribution in [2.24, 2.45) is 0 Å². The van der Waals surface area contributed by atoms with Crippen LogP contribution in [0.2, 0.25) is 0 Å². The lowest BCUT2D eigenvalue weighted by molar-refractivity contribution is 0.613. The summed E-state index contributed by atoms with van der Waals surface area (Å²) in [5, 5.41) is 0. The van der Waals surface area contributed by atoms with Gasteiger partial charge >= 0.3 is 0 Å².